The average Bonchev–Trinajstić information content (AvgIpc) is 3.07. The molecule has 238 valence electrons. The van der Waals surface area contributed by atoms with Gasteiger partial charge in [-0.1, -0.05) is 48.9 Å². The van der Waals surface area contributed by atoms with Crippen LogP contribution in [0.4, 0.5) is 11.4 Å². The molecule has 0 fully saturated rings. The standard InChI is InChI=1S/C36H37N3O6S/c1-6-32(36(42)37-26-17-15-23(2)16-18-26)46-28-14-10-13-27(22-28)38-35(41)29(39-34(40)25-11-8-7-9-12-25)19-24-20-30(43-3)33(45-5)31(21-24)44-4/h7-22,32H,6H2,1-5H3,(H,37,42)(H,38,41)(H,39,40)/b29-19+. The summed E-state index contributed by atoms with van der Waals surface area (Å²) in [6.07, 6.45) is 2.13. The zero-order chi connectivity index (χ0) is 33.1. The molecule has 1 unspecified atom stereocenters. The lowest BCUT2D eigenvalue weighted by Crippen LogP contribution is -2.30. The van der Waals surface area contributed by atoms with Gasteiger partial charge in [0.15, 0.2) is 11.5 Å². The first kappa shape index (κ1) is 33.7. The smallest absolute Gasteiger partial charge is 0.272 e. The molecule has 4 rings (SSSR count). The van der Waals surface area contributed by atoms with Crippen molar-refractivity contribution < 1.29 is 28.6 Å². The van der Waals surface area contributed by atoms with Crippen LogP contribution in [0.3, 0.4) is 0 Å². The van der Waals surface area contributed by atoms with Crippen molar-refractivity contribution in [1.29, 1.82) is 0 Å². The third-order valence-corrected chi connectivity index (χ3v) is 8.24. The van der Waals surface area contributed by atoms with Crippen molar-refractivity contribution >= 4 is 46.9 Å². The second kappa shape index (κ2) is 16.2. The Kier molecular flexibility index (Phi) is 11.9. The van der Waals surface area contributed by atoms with Gasteiger partial charge in [-0.3, -0.25) is 14.4 Å². The van der Waals surface area contributed by atoms with Crippen LogP contribution >= 0.6 is 11.8 Å². The van der Waals surface area contributed by atoms with Crippen molar-refractivity contribution in [2.45, 2.75) is 30.4 Å². The maximum atomic E-state index is 13.7. The highest BCUT2D eigenvalue weighted by Crippen LogP contribution is 2.38. The molecule has 0 radical (unpaired) electrons. The highest BCUT2D eigenvalue weighted by Gasteiger charge is 2.20. The molecule has 0 spiro atoms. The minimum atomic E-state index is -0.552. The first-order valence-corrected chi connectivity index (χ1v) is 15.5. The lowest BCUT2D eigenvalue weighted by Gasteiger charge is -2.16. The van der Waals surface area contributed by atoms with Crippen LogP contribution < -0.4 is 30.2 Å². The fourth-order valence-corrected chi connectivity index (χ4v) is 5.50. The number of hydrogen-bond donors (Lipinski definition) is 3. The number of anilines is 2. The van der Waals surface area contributed by atoms with E-state index < -0.39 is 11.8 Å². The number of aryl methyl sites for hydroxylation is 1. The zero-order valence-electron chi connectivity index (χ0n) is 26.4. The van der Waals surface area contributed by atoms with Crippen LogP contribution in [0.15, 0.2) is 102 Å². The van der Waals surface area contributed by atoms with Gasteiger partial charge in [0.2, 0.25) is 11.7 Å². The Hall–Kier alpha value is -5.22. The minimum absolute atomic E-state index is 0.00917. The van der Waals surface area contributed by atoms with Crippen LogP contribution in [-0.2, 0) is 9.59 Å². The molecular weight excluding hydrogens is 602 g/mol. The summed E-state index contributed by atoms with van der Waals surface area (Å²) in [6.45, 7) is 3.94. The number of benzene rings is 4. The van der Waals surface area contributed by atoms with Gasteiger partial charge in [-0.25, -0.2) is 0 Å². The van der Waals surface area contributed by atoms with Crippen LogP contribution in [0.2, 0.25) is 0 Å². The molecule has 4 aromatic rings. The van der Waals surface area contributed by atoms with Crippen LogP contribution in [0, 0.1) is 6.92 Å². The Morgan fingerprint density at radius 3 is 2.07 bits per heavy atom. The lowest BCUT2D eigenvalue weighted by molar-refractivity contribution is -0.116. The number of thioether (sulfide) groups is 1. The van der Waals surface area contributed by atoms with E-state index in [0.29, 0.717) is 40.5 Å². The Labute approximate surface area is 273 Å². The van der Waals surface area contributed by atoms with Crippen LogP contribution in [-0.4, -0.2) is 44.3 Å². The van der Waals surface area contributed by atoms with Crippen molar-refractivity contribution in [2.75, 3.05) is 32.0 Å². The minimum Gasteiger partial charge on any atom is -0.493 e. The average molecular weight is 640 g/mol. The van der Waals surface area contributed by atoms with E-state index in [0.717, 1.165) is 16.1 Å². The predicted octanol–water partition coefficient (Wildman–Crippen LogP) is 6.94. The van der Waals surface area contributed by atoms with Gasteiger partial charge in [0.05, 0.1) is 26.6 Å². The molecule has 4 aromatic carbocycles. The Balaban J connectivity index is 1.58. The van der Waals surface area contributed by atoms with Gasteiger partial charge < -0.3 is 30.2 Å². The van der Waals surface area contributed by atoms with Crippen molar-refractivity contribution in [2.24, 2.45) is 0 Å². The van der Waals surface area contributed by atoms with E-state index in [4.69, 9.17) is 14.2 Å². The summed E-state index contributed by atoms with van der Waals surface area (Å²) < 4.78 is 16.3. The molecule has 0 saturated carbocycles. The van der Waals surface area contributed by atoms with Crippen LogP contribution in [0.25, 0.3) is 6.08 Å². The molecule has 0 saturated heterocycles. The monoisotopic (exact) mass is 639 g/mol. The third-order valence-electron chi connectivity index (χ3n) is 6.88. The molecule has 0 aromatic heterocycles. The summed E-state index contributed by atoms with van der Waals surface area (Å²) in [5, 5.41) is 8.25. The Bertz CT molecular complexity index is 1680. The predicted molar refractivity (Wildman–Crippen MR) is 183 cm³/mol. The van der Waals surface area contributed by atoms with Crippen molar-refractivity contribution in [1.82, 2.24) is 5.32 Å². The van der Waals surface area contributed by atoms with Crippen molar-refractivity contribution in [3.05, 3.63) is 113 Å². The highest BCUT2D eigenvalue weighted by atomic mass is 32.2. The van der Waals surface area contributed by atoms with E-state index in [1.54, 1.807) is 60.7 Å². The highest BCUT2D eigenvalue weighted by molar-refractivity contribution is 8.00. The molecule has 3 amide bonds. The maximum Gasteiger partial charge on any atom is 0.272 e. The number of nitrogens with one attached hydrogen (secondary N) is 3. The Morgan fingerprint density at radius 2 is 1.46 bits per heavy atom. The number of methoxy groups -OCH3 is 3. The molecule has 0 aliphatic carbocycles. The molecular formula is C36H37N3O6S. The van der Waals surface area contributed by atoms with Gasteiger partial charge in [0, 0.05) is 21.8 Å². The zero-order valence-corrected chi connectivity index (χ0v) is 27.2. The van der Waals surface area contributed by atoms with E-state index in [-0.39, 0.29) is 16.9 Å². The topological polar surface area (TPSA) is 115 Å². The van der Waals surface area contributed by atoms with Gasteiger partial charge in [0.1, 0.15) is 5.70 Å². The van der Waals surface area contributed by atoms with Gasteiger partial charge in [0.25, 0.3) is 11.8 Å². The first-order chi connectivity index (χ1) is 22.2. The van der Waals surface area contributed by atoms with Crippen molar-refractivity contribution in [3.8, 4) is 17.2 Å². The first-order valence-electron chi connectivity index (χ1n) is 14.6. The number of ether oxygens (including phenoxy) is 3. The van der Waals surface area contributed by atoms with E-state index in [1.807, 2.05) is 44.2 Å². The summed E-state index contributed by atoms with van der Waals surface area (Å²) >= 11 is 1.40. The largest absolute Gasteiger partial charge is 0.493 e. The van der Waals surface area contributed by atoms with Gasteiger partial charge in [-0.05, 0) is 79.6 Å². The van der Waals surface area contributed by atoms with E-state index in [9.17, 15) is 14.4 Å². The van der Waals surface area contributed by atoms with E-state index in [2.05, 4.69) is 16.0 Å². The van der Waals surface area contributed by atoms with Crippen LogP contribution in [0.1, 0.15) is 34.8 Å². The molecule has 0 aliphatic heterocycles. The van der Waals surface area contributed by atoms with Crippen molar-refractivity contribution in [3.63, 3.8) is 0 Å². The molecule has 1 atom stereocenters. The summed E-state index contributed by atoms with van der Waals surface area (Å²) in [5.41, 5.74) is 3.25. The van der Waals surface area contributed by atoms with Gasteiger partial charge in [-0.2, -0.15) is 0 Å². The number of hydrogen-bond acceptors (Lipinski definition) is 7. The third kappa shape index (κ3) is 8.92. The van der Waals surface area contributed by atoms with Gasteiger partial charge in [-0.15, -0.1) is 11.8 Å². The molecule has 0 heterocycles. The molecule has 46 heavy (non-hydrogen) atoms. The number of amides is 3. The summed E-state index contributed by atoms with van der Waals surface area (Å²) in [6, 6.07) is 26.8. The van der Waals surface area contributed by atoms with Crippen LogP contribution in [0.5, 0.6) is 17.2 Å². The summed E-state index contributed by atoms with van der Waals surface area (Å²) in [4.78, 5) is 40.6. The second-order valence-electron chi connectivity index (χ2n) is 10.2. The fourth-order valence-electron chi connectivity index (χ4n) is 4.49. The molecule has 0 aliphatic rings. The van der Waals surface area contributed by atoms with E-state index in [1.165, 1.54) is 39.2 Å². The molecule has 10 heteroatoms. The lowest BCUT2D eigenvalue weighted by atomic mass is 10.1. The quantitative estimate of drug-likeness (QED) is 0.107. The molecule has 3 N–H and O–H groups in total. The second-order valence-corrected chi connectivity index (χ2v) is 11.5. The number of carbonyl (C=O) groups is 3. The molecule has 0 bridgehead atoms. The van der Waals surface area contributed by atoms with E-state index >= 15 is 0 Å². The van der Waals surface area contributed by atoms with Gasteiger partial charge >= 0.3 is 0 Å². The summed E-state index contributed by atoms with van der Waals surface area (Å²) in [7, 11) is 4.49. The fraction of sp³-hybridized carbons (Fsp3) is 0.194. The number of carbonyl (C=O) groups excluding carboxylic acids is 3. The normalized spacial score (nSPS) is 11.6. The Morgan fingerprint density at radius 1 is 0.783 bits per heavy atom. The maximum absolute atomic E-state index is 13.7. The SMILES string of the molecule is CCC(Sc1cccc(NC(=O)/C(=C\c2cc(OC)c(OC)c(OC)c2)NC(=O)c2ccccc2)c1)C(=O)Nc1ccc(C)cc1. The summed E-state index contributed by atoms with van der Waals surface area (Å²) in [5.74, 6) is 0.0693. The number of rotatable bonds is 13. The molecule has 9 nitrogen and oxygen atoms in total.